The minimum absolute atomic E-state index is 0.382. The van der Waals surface area contributed by atoms with Crippen molar-refractivity contribution in [3.63, 3.8) is 0 Å². The lowest BCUT2D eigenvalue weighted by Gasteiger charge is -2.37. The predicted molar refractivity (Wildman–Crippen MR) is 47.3 cm³/mol. The summed E-state index contributed by atoms with van der Waals surface area (Å²) in [5.41, 5.74) is 0. The van der Waals surface area contributed by atoms with E-state index in [1.807, 2.05) is 0 Å². The summed E-state index contributed by atoms with van der Waals surface area (Å²) in [5, 5.41) is 9.15. The van der Waals surface area contributed by atoms with Gasteiger partial charge < -0.3 is 5.11 Å². The van der Waals surface area contributed by atoms with E-state index in [2.05, 4.69) is 20.8 Å². The van der Waals surface area contributed by atoms with Gasteiger partial charge in [0.1, 0.15) is 0 Å². The normalized spacial score (nSPS) is 45.8. The van der Waals surface area contributed by atoms with Gasteiger partial charge >= 0.3 is 0 Å². The molecule has 1 heteroatoms. The van der Waals surface area contributed by atoms with Gasteiger partial charge in [0.2, 0.25) is 0 Å². The van der Waals surface area contributed by atoms with Crippen LogP contribution in [0.1, 0.15) is 33.6 Å². The van der Waals surface area contributed by atoms with Crippen molar-refractivity contribution in [2.75, 3.05) is 6.61 Å². The summed E-state index contributed by atoms with van der Waals surface area (Å²) in [6, 6.07) is 0. The molecule has 4 unspecified atom stereocenters. The number of hydrogen-bond acceptors (Lipinski definition) is 1. The van der Waals surface area contributed by atoms with E-state index in [0.717, 1.165) is 11.8 Å². The van der Waals surface area contributed by atoms with Gasteiger partial charge in [-0.05, 0) is 23.7 Å². The summed E-state index contributed by atoms with van der Waals surface area (Å²) < 4.78 is 0. The molecule has 0 spiro atoms. The first kappa shape index (κ1) is 9.05. The lowest BCUT2D eigenvalue weighted by molar-refractivity contribution is 0.0643. The molecule has 0 aliphatic heterocycles. The van der Waals surface area contributed by atoms with Crippen LogP contribution >= 0.6 is 0 Å². The average Bonchev–Trinajstić information content (AvgIpc) is 1.99. The lowest BCUT2D eigenvalue weighted by Crippen LogP contribution is -2.32. The van der Waals surface area contributed by atoms with E-state index in [1.165, 1.54) is 12.8 Å². The molecule has 66 valence electrons. The third-order valence-electron chi connectivity index (χ3n) is 3.59. The molecule has 1 aliphatic rings. The molecular formula is C10H20O. The van der Waals surface area contributed by atoms with Gasteiger partial charge in [-0.2, -0.15) is 0 Å². The van der Waals surface area contributed by atoms with Crippen LogP contribution in [0.4, 0.5) is 0 Å². The Labute approximate surface area is 69.8 Å². The second-order valence-electron chi connectivity index (χ2n) is 4.24. The van der Waals surface area contributed by atoms with E-state index in [9.17, 15) is 0 Å². The van der Waals surface area contributed by atoms with Gasteiger partial charge in [0.05, 0.1) is 0 Å². The van der Waals surface area contributed by atoms with E-state index in [1.54, 1.807) is 0 Å². The van der Waals surface area contributed by atoms with Crippen LogP contribution in [0.3, 0.4) is 0 Å². The van der Waals surface area contributed by atoms with E-state index in [-0.39, 0.29) is 0 Å². The number of rotatable bonds is 1. The summed E-state index contributed by atoms with van der Waals surface area (Å²) in [5.74, 6) is 2.80. The van der Waals surface area contributed by atoms with E-state index in [4.69, 9.17) is 5.11 Å². The SMILES string of the molecule is CC1CCC(C)C(CO)C1C. The van der Waals surface area contributed by atoms with Crippen LogP contribution in [0.2, 0.25) is 0 Å². The van der Waals surface area contributed by atoms with Crippen molar-refractivity contribution in [1.82, 2.24) is 0 Å². The van der Waals surface area contributed by atoms with Crippen LogP contribution < -0.4 is 0 Å². The molecule has 0 bridgehead atoms. The van der Waals surface area contributed by atoms with Gasteiger partial charge in [-0.3, -0.25) is 0 Å². The summed E-state index contributed by atoms with van der Waals surface area (Å²) >= 11 is 0. The zero-order chi connectivity index (χ0) is 8.43. The second-order valence-corrected chi connectivity index (χ2v) is 4.24. The Bertz CT molecular complexity index is 122. The molecule has 0 radical (unpaired) electrons. The first-order chi connectivity index (χ1) is 5.16. The molecule has 1 nitrogen and oxygen atoms in total. The molecule has 1 saturated carbocycles. The van der Waals surface area contributed by atoms with Crippen LogP contribution in [-0.2, 0) is 0 Å². The zero-order valence-corrected chi connectivity index (χ0v) is 7.88. The highest BCUT2D eigenvalue weighted by Gasteiger charge is 2.31. The lowest BCUT2D eigenvalue weighted by atomic mass is 9.69. The third-order valence-corrected chi connectivity index (χ3v) is 3.59. The number of aliphatic hydroxyl groups excluding tert-OH is 1. The van der Waals surface area contributed by atoms with Crippen molar-refractivity contribution in [2.45, 2.75) is 33.6 Å². The van der Waals surface area contributed by atoms with Crippen molar-refractivity contribution in [1.29, 1.82) is 0 Å². The molecule has 11 heavy (non-hydrogen) atoms. The molecule has 0 aromatic heterocycles. The molecule has 1 rings (SSSR count). The summed E-state index contributed by atoms with van der Waals surface area (Å²) in [6.07, 6.45) is 2.65. The molecule has 1 aliphatic carbocycles. The molecule has 0 aromatic rings. The molecular weight excluding hydrogens is 136 g/mol. The molecule has 1 fully saturated rings. The molecule has 1 N–H and O–H groups in total. The first-order valence-corrected chi connectivity index (χ1v) is 4.77. The predicted octanol–water partition coefficient (Wildman–Crippen LogP) is 2.30. The fraction of sp³-hybridized carbons (Fsp3) is 1.00. The van der Waals surface area contributed by atoms with Crippen LogP contribution in [0, 0.1) is 23.7 Å². The first-order valence-electron chi connectivity index (χ1n) is 4.77. The highest BCUT2D eigenvalue weighted by molar-refractivity contribution is 4.80. The van der Waals surface area contributed by atoms with E-state index < -0.39 is 0 Å². The van der Waals surface area contributed by atoms with Crippen LogP contribution in [0.15, 0.2) is 0 Å². The molecule has 0 amide bonds. The Morgan fingerprint density at radius 1 is 1.09 bits per heavy atom. The highest BCUT2D eigenvalue weighted by atomic mass is 16.3. The van der Waals surface area contributed by atoms with E-state index >= 15 is 0 Å². The molecule has 0 aromatic carbocycles. The topological polar surface area (TPSA) is 20.2 Å². The van der Waals surface area contributed by atoms with Gasteiger partial charge in [0, 0.05) is 6.61 Å². The summed E-state index contributed by atoms with van der Waals surface area (Å²) in [7, 11) is 0. The minimum Gasteiger partial charge on any atom is -0.396 e. The van der Waals surface area contributed by atoms with Gasteiger partial charge in [-0.15, -0.1) is 0 Å². The minimum atomic E-state index is 0.382. The molecule has 0 saturated heterocycles. The largest absolute Gasteiger partial charge is 0.396 e. The van der Waals surface area contributed by atoms with Gasteiger partial charge in [0.15, 0.2) is 0 Å². The average molecular weight is 156 g/mol. The maximum absolute atomic E-state index is 9.15. The Morgan fingerprint density at radius 3 is 2.09 bits per heavy atom. The monoisotopic (exact) mass is 156 g/mol. The van der Waals surface area contributed by atoms with Crippen molar-refractivity contribution < 1.29 is 5.11 Å². The summed E-state index contributed by atoms with van der Waals surface area (Å²) in [4.78, 5) is 0. The Morgan fingerprint density at radius 2 is 1.64 bits per heavy atom. The number of hydrogen-bond donors (Lipinski definition) is 1. The van der Waals surface area contributed by atoms with Gasteiger partial charge in [-0.25, -0.2) is 0 Å². The Kier molecular flexibility index (Phi) is 2.94. The van der Waals surface area contributed by atoms with Crippen LogP contribution in [0.25, 0.3) is 0 Å². The maximum Gasteiger partial charge on any atom is 0.0464 e. The van der Waals surface area contributed by atoms with Crippen molar-refractivity contribution in [2.24, 2.45) is 23.7 Å². The number of aliphatic hydroxyl groups is 1. The fourth-order valence-electron chi connectivity index (χ4n) is 2.29. The Balaban J connectivity index is 2.55. The quantitative estimate of drug-likeness (QED) is 0.617. The molecule has 0 heterocycles. The standard InChI is InChI=1S/C10H20O/c1-7-4-5-8(2)10(6-11)9(7)3/h7-11H,4-6H2,1-3H3. The highest BCUT2D eigenvalue weighted by Crippen LogP contribution is 2.37. The zero-order valence-electron chi connectivity index (χ0n) is 7.88. The van der Waals surface area contributed by atoms with Crippen LogP contribution in [0.5, 0.6) is 0 Å². The molecule has 4 atom stereocenters. The maximum atomic E-state index is 9.15. The van der Waals surface area contributed by atoms with Crippen molar-refractivity contribution in [3.05, 3.63) is 0 Å². The van der Waals surface area contributed by atoms with Crippen LogP contribution in [-0.4, -0.2) is 11.7 Å². The van der Waals surface area contributed by atoms with Crippen molar-refractivity contribution in [3.8, 4) is 0 Å². The Hall–Kier alpha value is -0.0400. The van der Waals surface area contributed by atoms with E-state index in [0.29, 0.717) is 18.4 Å². The van der Waals surface area contributed by atoms with Gasteiger partial charge in [0.25, 0.3) is 0 Å². The smallest absolute Gasteiger partial charge is 0.0464 e. The fourth-order valence-corrected chi connectivity index (χ4v) is 2.29. The second kappa shape index (κ2) is 3.57. The van der Waals surface area contributed by atoms with Crippen molar-refractivity contribution >= 4 is 0 Å². The van der Waals surface area contributed by atoms with Gasteiger partial charge in [-0.1, -0.05) is 33.6 Å². The summed E-state index contributed by atoms with van der Waals surface area (Å²) in [6.45, 7) is 7.23. The third kappa shape index (κ3) is 1.76.